The Hall–Kier alpha value is -3.12. The van der Waals surface area contributed by atoms with Gasteiger partial charge in [0.05, 0.1) is 12.0 Å². The Bertz CT molecular complexity index is 1910. The van der Waals surface area contributed by atoms with Crippen LogP contribution in [0.3, 0.4) is 0 Å². The Morgan fingerprint density at radius 1 is 0.869 bits per heavy atom. The van der Waals surface area contributed by atoms with Gasteiger partial charge in [-0.15, -0.1) is 0 Å². The summed E-state index contributed by atoms with van der Waals surface area (Å²) in [5.74, 6) is -1.68. The molecule has 1 aromatic carbocycles. The number of amidine groups is 2. The molecule has 2 aliphatic carbocycles. The van der Waals surface area contributed by atoms with Gasteiger partial charge in [0.1, 0.15) is 16.9 Å². The second kappa shape index (κ2) is 21.0. The topological polar surface area (TPSA) is 228 Å². The van der Waals surface area contributed by atoms with Crippen LogP contribution in [0.4, 0.5) is 0 Å². The summed E-state index contributed by atoms with van der Waals surface area (Å²) in [6.07, 6.45) is 9.34. The molecule has 4 heterocycles. The fraction of sp³-hybridized carbons (Fsp3) is 0.628. The molecule has 1 fully saturated rings. The maximum atomic E-state index is 11.9. The van der Waals surface area contributed by atoms with Crippen LogP contribution in [0.1, 0.15) is 111 Å². The van der Waals surface area contributed by atoms with E-state index in [-0.39, 0.29) is 100 Å². The maximum Gasteiger partial charge on any atom is 1.00 e. The van der Waals surface area contributed by atoms with E-state index >= 15 is 0 Å². The average molecular weight is 866 g/mol. The summed E-state index contributed by atoms with van der Waals surface area (Å²) in [5, 5.41) is 26.1. The van der Waals surface area contributed by atoms with E-state index in [1.54, 1.807) is 13.8 Å². The Labute approximate surface area is 402 Å². The zero-order chi connectivity index (χ0) is 43.6. The third-order valence-electron chi connectivity index (χ3n) is 13.3. The minimum absolute atomic E-state index is 0. The van der Waals surface area contributed by atoms with Crippen molar-refractivity contribution in [1.29, 1.82) is 0 Å². The largest absolute Gasteiger partial charge is 1.00 e. The minimum Gasteiger partial charge on any atom is -0.846 e. The van der Waals surface area contributed by atoms with Crippen molar-refractivity contribution in [3.05, 3.63) is 35.4 Å². The number of likely N-dealkylation sites (N-methyl/N-ethyl adjacent to an activating group) is 1. The summed E-state index contributed by atoms with van der Waals surface area (Å²) in [4.78, 5) is 79.8. The SMILES string of the molecule is CC(=O)Oc1ccc2c3c1O[C@H]1[C@@H](OC(C)=O)C=C[C@H]4[C@@H](C2)N(C)CC[C@@]341.CCCC(C)C1(CC)C(=O)N=C([O-])NC1=O.CCCC(C)C1(CC)C(=O)N=C([O-])NC1=O.[Na+].[Na+]. The first-order valence-corrected chi connectivity index (χ1v) is 20.7. The number of carbonyl (C=O) groups excluding carboxylic acids is 6. The number of rotatable bonds is 10. The number of carbonyl (C=O) groups is 6. The number of esters is 2. The molecule has 1 spiro atoms. The van der Waals surface area contributed by atoms with E-state index in [9.17, 15) is 39.0 Å². The number of likely N-dealkylation sites (tertiary alicyclic amines) is 1. The van der Waals surface area contributed by atoms with Crippen LogP contribution in [-0.2, 0) is 45.3 Å². The third-order valence-corrected chi connectivity index (χ3v) is 13.3. The molecule has 0 aromatic heterocycles. The predicted octanol–water partition coefficient (Wildman–Crippen LogP) is -3.62. The van der Waals surface area contributed by atoms with Crippen LogP contribution in [0.2, 0.25) is 0 Å². The zero-order valence-electron chi connectivity index (χ0n) is 37.5. The van der Waals surface area contributed by atoms with Gasteiger partial charge < -0.3 is 40.0 Å². The summed E-state index contributed by atoms with van der Waals surface area (Å²) in [5.41, 5.74) is -0.144. The van der Waals surface area contributed by atoms with E-state index in [0.717, 1.165) is 50.6 Å². The molecule has 16 nitrogen and oxygen atoms in total. The van der Waals surface area contributed by atoms with Crippen molar-refractivity contribution in [3.8, 4) is 11.5 Å². The number of benzene rings is 1. The van der Waals surface area contributed by atoms with Gasteiger partial charge in [0.25, 0.3) is 11.8 Å². The molecule has 7 rings (SSSR count). The van der Waals surface area contributed by atoms with Crippen LogP contribution >= 0.6 is 0 Å². The average Bonchev–Trinajstić information content (AvgIpc) is 3.51. The quantitative estimate of drug-likeness (QED) is 0.0765. The molecule has 18 heteroatoms. The molecule has 4 unspecified atom stereocenters. The molecular formula is C43H57N5Na2O11. The number of amides is 4. The van der Waals surface area contributed by atoms with Gasteiger partial charge in [-0.3, -0.25) is 28.8 Å². The number of nitrogens with zero attached hydrogens (tertiary/aromatic N) is 3. The summed E-state index contributed by atoms with van der Waals surface area (Å²) >= 11 is 0. The molecule has 0 saturated carbocycles. The van der Waals surface area contributed by atoms with Gasteiger partial charge in [-0.2, -0.15) is 0 Å². The second-order valence-corrected chi connectivity index (χ2v) is 16.5. The molecule has 4 aliphatic heterocycles. The fourth-order valence-electron chi connectivity index (χ4n) is 10.3. The van der Waals surface area contributed by atoms with Gasteiger partial charge in [-0.25, -0.2) is 9.98 Å². The van der Waals surface area contributed by atoms with E-state index in [1.165, 1.54) is 19.4 Å². The summed E-state index contributed by atoms with van der Waals surface area (Å²) in [7, 11) is 2.17. The summed E-state index contributed by atoms with van der Waals surface area (Å²) in [6.45, 7) is 15.0. The van der Waals surface area contributed by atoms with Gasteiger partial charge in [0.15, 0.2) is 17.6 Å². The van der Waals surface area contributed by atoms with Crippen LogP contribution in [0.5, 0.6) is 11.5 Å². The molecule has 61 heavy (non-hydrogen) atoms. The Kier molecular flexibility index (Phi) is 18.0. The van der Waals surface area contributed by atoms with Crippen molar-refractivity contribution >= 4 is 47.6 Å². The first-order chi connectivity index (χ1) is 27.9. The van der Waals surface area contributed by atoms with Gasteiger partial charge >= 0.3 is 71.1 Å². The number of hydrogen-bond donors (Lipinski definition) is 2. The summed E-state index contributed by atoms with van der Waals surface area (Å²) in [6, 6.07) is 2.59. The number of hydrogen-bond acceptors (Lipinski definition) is 12. The zero-order valence-corrected chi connectivity index (χ0v) is 41.5. The molecule has 2 N–H and O–H groups in total. The van der Waals surface area contributed by atoms with Crippen molar-refractivity contribution in [2.75, 3.05) is 13.6 Å². The first-order valence-electron chi connectivity index (χ1n) is 20.7. The van der Waals surface area contributed by atoms with Crippen LogP contribution in [0.15, 0.2) is 34.3 Å². The first kappa shape index (κ1) is 52.2. The van der Waals surface area contributed by atoms with Crippen molar-refractivity contribution < 1.29 is 112 Å². The molecule has 6 aliphatic rings. The molecule has 4 amide bonds. The molecule has 1 saturated heterocycles. The van der Waals surface area contributed by atoms with Gasteiger partial charge in [0, 0.05) is 36.8 Å². The van der Waals surface area contributed by atoms with E-state index in [0.29, 0.717) is 30.4 Å². The Morgan fingerprint density at radius 3 is 1.84 bits per heavy atom. The van der Waals surface area contributed by atoms with Gasteiger partial charge in [-0.05, 0) is 81.7 Å². The van der Waals surface area contributed by atoms with Gasteiger partial charge in [-0.1, -0.05) is 66.5 Å². The van der Waals surface area contributed by atoms with Crippen LogP contribution in [-0.4, -0.2) is 84.4 Å². The third kappa shape index (κ3) is 9.42. The Morgan fingerprint density at radius 2 is 1.39 bits per heavy atom. The van der Waals surface area contributed by atoms with E-state index in [2.05, 4.69) is 44.7 Å². The monoisotopic (exact) mass is 865 g/mol. The summed E-state index contributed by atoms with van der Waals surface area (Å²) < 4.78 is 17.5. The van der Waals surface area contributed by atoms with Gasteiger partial charge in [0.2, 0.25) is 11.8 Å². The molecule has 322 valence electrons. The smallest absolute Gasteiger partial charge is 0.846 e. The standard InChI is InChI=1S/C21H23NO5.2C11H18N2O3.2Na/c1-11(23)25-16-6-4-13-10-15-14-5-7-17(26-12(2)24)20-21(14,8-9-22(15)3)18(13)19(16)27-20;2*1-4-6-7(3)11(5-2)8(14)12-10(16)13-9(11)15;;/h4-7,14-15,17,20H,8-10H2,1-3H3;2*7H,4-6H2,1-3H3,(H2,12,13,14,15,16);;/q;;;2*+1/p-2/t14-,15+,17-,20-,21-;;;;/m0..../s1. The maximum absolute atomic E-state index is 11.9. The molecule has 9 atom stereocenters. The second-order valence-electron chi connectivity index (χ2n) is 16.5. The number of ether oxygens (including phenoxy) is 3. The fourth-order valence-corrected chi connectivity index (χ4v) is 10.3. The van der Waals surface area contributed by atoms with Crippen LogP contribution < -0.4 is 89.4 Å². The molecule has 0 radical (unpaired) electrons. The van der Waals surface area contributed by atoms with Crippen LogP contribution in [0, 0.1) is 28.6 Å². The number of piperidine rings is 1. The predicted molar refractivity (Wildman–Crippen MR) is 212 cm³/mol. The van der Waals surface area contributed by atoms with E-state index in [4.69, 9.17) is 14.2 Å². The molecule has 1 aromatic rings. The van der Waals surface area contributed by atoms with Crippen molar-refractivity contribution in [2.24, 2.45) is 38.6 Å². The molecule has 2 bridgehead atoms. The van der Waals surface area contributed by atoms with Crippen molar-refractivity contribution in [3.63, 3.8) is 0 Å². The normalized spacial score (nSPS) is 29.9. The number of nitrogens with one attached hydrogen (secondary N) is 2. The van der Waals surface area contributed by atoms with Crippen molar-refractivity contribution in [2.45, 2.75) is 130 Å². The van der Waals surface area contributed by atoms with E-state index in [1.807, 2.05) is 39.8 Å². The van der Waals surface area contributed by atoms with Crippen LogP contribution in [0.25, 0.3) is 0 Å². The van der Waals surface area contributed by atoms with E-state index < -0.39 is 52.6 Å². The Balaban J connectivity index is 0.000000256. The van der Waals surface area contributed by atoms with Crippen molar-refractivity contribution in [1.82, 2.24) is 15.5 Å². The minimum atomic E-state index is -1.15. The molecular weight excluding hydrogens is 808 g/mol. The number of aliphatic imine (C=N–C) groups is 2.